The maximum Gasteiger partial charge on any atom is 0.234 e. The van der Waals surface area contributed by atoms with Gasteiger partial charge in [0.25, 0.3) is 0 Å². The molecule has 0 aliphatic carbocycles. The summed E-state index contributed by atoms with van der Waals surface area (Å²) in [6.45, 7) is 5.21. The molecule has 2 fully saturated rings. The monoisotopic (exact) mass is 255 g/mol. The van der Waals surface area contributed by atoms with Gasteiger partial charge in [0.05, 0.1) is 18.7 Å². The number of amides is 1. The van der Waals surface area contributed by atoms with Gasteiger partial charge < -0.3 is 15.8 Å². The van der Waals surface area contributed by atoms with E-state index in [4.69, 9.17) is 10.5 Å². The molecule has 1 amide bonds. The minimum atomic E-state index is 0.105. The van der Waals surface area contributed by atoms with E-state index in [1.165, 1.54) is 0 Å². The first kappa shape index (κ1) is 13.8. The Morgan fingerprint density at radius 3 is 2.78 bits per heavy atom. The number of carbonyl (C=O) groups excluding carboxylic acids is 1. The molecule has 0 radical (unpaired) electrons. The van der Waals surface area contributed by atoms with Crippen LogP contribution in [0.4, 0.5) is 0 Å². The third kappa shape index (κ3) is 3.93. The zero-order valence-electron chi connectivity index (χ0n) is 11.2. The first-order chi connectivity index (χ1) is 8.65. The molecule has 0 spiro atoms. The summed E-state index contributed by atoms with van der Waals surface area (Å²) in [5, 5.41) is 3.04. The molecule has 2 aliphatic rings. The van der Waals surface area contributed by atoms with Gasteiger partial charge in [-0.2, -0.15) is 0 Å². The summed E-state index contributed by atoms with van der Waals surface area (Å²) in [7, 11) is 0. The van der Waals surface area contributed by atoms with E-state index < -0.39 is 0 Å². The summed E-state index contributed by atoms with van der Waals surface area (Å²) in [5.41, 5.74) is 5.85. The summed E-state index contributed by atoms with van der Waals surface area (Å²) < 4.78 is 5.57. The highest BCUT2D eigenvalue weighted by atomic mass is 16.5. The number of hydrogen-bond donors (Lipinski definition) is 2. The molecule has 0 aromatic rings. The number of likely N-dealkylation sites (tertiary alicyclic amines) is 1. The fraction of sp³-hybridized carbons (Fsp3) is 0.923. The van der Waals surface area contributed by atoms with Gasteiger partial charge in [-0.1, -0.05) is 0 Å². The van der Waals surface area contributed by atoms with Gasteiger partial charge in [0.15, 0.2) is 0 Å². The molecule has 5 heteroatoms. The molecule has 2 aliphatic heterocycles. The lowest BCUT2D eigenvalue weighted by atomic mass is 10.1. The lowest BCUT2D eigenvalue weighted by molar-refractivity contribution is -0.124. The lowest BCUT2D eigenvalue weighted by Crippen LogP contribution is -2.48. The molecule has 2 saturated heterocycles. The second kappa shape index (κ2) is 6.50. The Hall–Kier alpha value is -0.650. The fourth-order valence-electron chi connectivity index (χ4n) is 2.70. The molecular formula is C13H25N3O2. The van der Waals surface area contributed by atoms with Gasteiger partial charge >= 0.3 is 0 Å². The maximum atomic E-state index is 11.9. The van der Waals surface area contributed by atoms with Crippen molar-refractivity contribution < 1.29 is 9.53 Å². The molecule has 0 aromatic carbocycles. The van der Waals surface area contributed by atoms with Gasteiger partial charge in [-0.25, -0.2) is 0 Å². The lowest BCUT2D eigenvalue weighted by Gasteiger charge is -2.30. The van der Waals surface area contributed by atoms with Crippen molar-refractivity contribution in [3.63, 3.8) is 0 Å². The summed E-state index contributed by atoms with van der Waals surface area (Å²) in [6.07, 6.45) is 4.35. The number of nitrogens with one attached hydrogen (secondary N) is 1. The highest BCUT2D eigenvalue weighted by molar-refractivity contribution is 5.78. The average molecular weight is 255 g/mol. The summed E-state index contributed by atoms with van der Waals surface area (Å²) in [5.74, 6) is 0.105. The third-order valence-corrected chi connectivity index (χ3v) is 3.91. The fourth-order valence-corrected chi connectivity index (χ4v) is 2.70. The molecular weight excluding hydrogens is 230 g/mol. The second-order valence-corrected chi connectivity index (χ2v) is 5.52. The first-order valence-electron chi connectivity index (χ1n) is 7.04. The topological polar surface area (TPSA) is 67.6 Å². The van der Waals surface area contributed by atoms with E-state index >= 15 is 0 Å². The Morgan fingerprint density at radius 1 is 1.44 bits per heavy atom. The molecule has 0 aromatic heterocycles. The van der Waals surface area contributed by atoms with Crippen LogP contribution in [0.5, 0.6) is 0 Å². The number of nitrogens with zero attached hydrogens (tertiary/aromatic N) is 1. The Balaban J connectivity index is 1.68. The molecule has 5 nitrogen and oxygen atoms in total. The van der Waals surface area contributed by atoms with Crippen LogP contribution in [-0.2, 0) is 9.53 Å². The quantitative estimate of drug-likeness (QED) is 0.747. The summed E-state index contributed by atoms with van der Waals surface area (Å²) >= 11 is 0. The van der Waals surface area contributed by atoms with Crippen LogP contribution in [0.15, 0.2) is 0 Å². The largest absolute Gasteiger partial charge is 0.376 e. The van der Waals surface area contributed by atoms with Crippen LogP contribution in [0.3, 0.4) is 0 Å². The normalized spacial score (nSPS) is 28.2. The van der Waals surface area contributed by atoms with Gasteiger partial charge in [0.2, 0.25) is 5.91 Å². The molecule has 2 atom stereocenters. The van der Waals surface area contributed by atoms with Crippen LogP contribution in [-0.4, -0.2) is 55.2 Å². The molecule has 0 bridgehead atoms. The molecule has 2 unspecified atom stereocenters. The molecule has 2 heterocycles. The SMILES string of the molecule is CC(NC(=O)CN1CCC(N)CC1)C1CCCO1. The summed E-state index contributed by atoms with van der Waals surface area (Å²) in [6, 6.07) is 0.433. The van der Waals surface area contributed by atoms with Crippen molar-refractivity contribution in [3.8, 4) is 0 Å². The Labute approximate surface area is 109 Å². The highest BCUT2D eigenvalue weighted by Crippen LogP contribution is 2.15. The van der Waals surface area contributed by atoms with E-state index in [0.717, 1.165) is 45.4 Å². The van der Waals surface area contributed by atoms with E-state index in [1.54, 1.807) is 0 Å². The van der Waals surface area contributed by atoms with Gasteiger partial charge in [-0.15, -0.1) is 0 Å². The van der Waals surface area contributed by atoms with E-state index in [9.17, 15) is 4.79 Å². The van der Waals surface area contributed by atoms with Crippen LogP contribution in [0.25, 0.3) is 0 Å². The Bertz CT molecular complexity index is 271. The minimum absolute atomic E-state index is 0.105. The van der Waals surface area contributed by atoms with Crippen LogP contribution >= 0.6 is 0 Å². The predicted octanol–water partition coefficient (Wildman–Crippen LogP) is 0.0932. The zero-order valence-corrected chi connectivity index (χ0v) is 11.2. The summed E-state index contributed by atoms with van der Waals surface area (Å²) in [4.78, 5) is 14.1. The van der Waals surface area contributed by atoms with Crippen molar-refractivity contribution in [2.24, 2.45) is 5.73 Å². The molecule has 0 saturated carbocycles. The van der Waals surface area contributed by atoms with Crippen molar-refractivity contribution in [1.82, 2.24) is 10.2 Å². The second-order valence-electron chi connectivity index (χ2n) is 5.52. The number of nitrogens with two attached hydrogens (primary N) is 1. The minimum Gasteiger partial charge on any atom is -0.376 e. The van der Waals surface area contributed by atoms with Gasteiger partial charge in [0.1, 0.15) is 0 Å². The van der Waals surface area contributed by atoms with Crippen molar-refractivity contribution >= 4 is 5.91 Å². The number of piperidine rings is 1. The third-order valence-electron chi connectivity index (χ3n) is 3.91. The van der Waals surface area contributed by atoms with Crippen LogP contribution in [0.1, 0.15) is 32.6 Å². The molecule has 18 heavy (non-hydrogen) atoms. The van der Waals surface area contributed by atoms with E-state index in [2.05, 4.69) is 10.2 Å². The molecule has 2 rings (SSSR count). The number of rotatable bonds is 4. The van der Waals surface area contributed by atoms with Gasteiger partial charge in [0, 0.05) is 25.7 Å². The zero-order chi connectivity index (χ0) is 13.0. The molecule has 104 valence electrons. The highest BCUT2D eigenvalue weighted by Gasteiger charge is 2.24. The van der Waals surface area contributed by atoms with Crippen LogP contribution < -0.4 is 11.1 Å². The van der Waals surface area contributed by atoms with Crippen molar-refractivity contribution in [2.75, 3.05) is 26.2 Å². The predicted molar refractivity (Wildman–Crippen MR) is 70.2 cm³/mol. The number of hydrogen-bond acceptors (Lipinski definition) is 4. The standard InChI is InChI=1S/C13H25N3O2/c1-10(12-3-2-8-18-12)15-13(17)9-16-6-4-11(14)5-7-16/h10-12H,2-9,14H2,1H3,(H,15,17). The van der Waals surface area contributed by atoms with Crippen molar-refractivity contribution in [3.05, 3.63) is 0 Å². The Kier molecular flexibility index (Phi) is 4.97. The number of carbonyl (C=O) groups is 1. The van der Waals surface area contributed by atoms with E-state index in [0.29, 0.717) is 12.6 Å². The average Bonchev–Trinajstić information content (AvgIpc) is 2.85. The Morgan fingerprint density at radius 2 is 2.17 bits per heavy atom. The maximum absolute atomic E-state index is 11.9. The van der Waals surface area contributed by atoms with Crippen LogP contribution in [0.2, 0.25) is 0 Å². The van der Waals surface area contributed by atoms with Gasteiger partial charge in [-0.05, 0) is 32.6 Å². The first-order valence-corrected chi connectivity index (χ1v) is 7.04. The van der Waals surface area contributed by atoms with Gasteiger partial charge in [-0.3, -0.25) is 9.69 Å². The van der Waals surface area contributed by atoms with Crippen molar-refractivity contribution in [2.45, 2.75) is 50.8 Å². The molecule has 3 N–H and O–H groups in total. The van der Waals surface area contributed by atoms with E-state index in [-0.39, 0.29) is 18.1 Å². The number of ether oxygens (including phenoxy) is 1. The van der Waals surface area contributed by atoms with Crippen LogP contribution in [0, 0.1) is 0 Å². The smallest absolute Gasteiger partial charge is 0.234 e. The van der Waals surface area contributed by atoms with Crippen molar-refractivity contribution in [1.29, 1.82) is 0 Å². The van der Waals surface area contributed by atoms with E-state index in [1.807, 2.05) is 6.92 Å².